The molecule has 0 amide bonds. The second-order valence-corrected chi connectivity index (χ2v) is 8.77. The predicted octanol–water partition coefficient (Wildman–Crippen LogP) is 1.48. The molecule has 2 N–H and O–H groups in total. The number of rotatable bonds is 11. The van der Waals surface area contributed by atoms with E-state index < -0.39 is 10.0 Å². The van der Waals surface area contributed by atoms with Crippen molar-refractivity contribution in [2.75, 3.05) is 51.6 Å². The molecule has 1 atom stereocenters. The lowest BCUT2D eigenvalue weighted by Gasteiger charge is -2.34. The molecule has 0 aliphatic carbocycles. The van der Waals surface area contributed by atoms with Gasteiger partial charge in [-0.05, 0) is 32.7 Å². The smallest absolute Gasteiger partial charge is 0.215 e. The summed E-state index contributed by atoms with van der Waals surface area (Å²) in [6.07, 6.45) is 5.11. The van der Waals surface area contributed by atoms with E-state index in [1.165, 1.54) is 36.5 Å². The van der Waals surface area contributed by atoms with Crippen molar-refractivity contribution < 1.29 is 8.42 Å². The minimum Gasteiger partial charge on any atom is -0.357 e. The van der Waals surface area contributed by atoms with Crippen LogP contribution >= 0.6 is 0 Å². The molecule has 0 aromatic heterocycles. The van der Waals surface area contributed by atoms with Gasteiger partial charge < -0.3 is 10.6 Å². The summed E-state index contributed by atoms with van der Waals surface area (Å²) >= 11 is 0. The lowest BCUT2D eigenvalue weighted by Crippen LogP contribution is -2.43. The summed E-state index contributed by atoms with van der Waals surface area (Å²) in [6, 6.07) is 0.689. The van der Waals surface area contributed by atoms with E-state index in [1.807, 2.05) is 20.8 Å². The van der Waals surface area contributed by atoms with Crippen LogP contribution in [0.5, 0.6) is 0 Å². The zero-order valence-corrected chi connectivity index (χ0v) is 17.9. The molecule has 0 bridgehead atoms. The van der Waals surface area contributed by atoms with Crippen molar-refractivity contribution in [1.29, 1.82) is 0 Å². The highest BCUT2D eigenvalue weighted by Crippen LogP contribution is 2.18. The van der Waals surface area contributed by atoms with Crippen LogP contribution < -0.4 is 10.6 Å². The highest BCUT2D eigenvalue weighted by Gasteiger charge is 2.20. The van der Waals surface area contributed by atoms with Crippen molar-refractivity contribution in [3.63, 3.8) is 0 Å². The van der Waals surface area contributed by atoms with Gasteiger partial charge >= 0.3 is 0 Å². The fourth-order valence-electron chi connectivity index (χ4n) is 3.49. The first-order chi connectivity index (χ1) is 12.5. The maximum absolute atomic E-state index is 12.2. The van der Waals surface area contributed by atoms with Crippen LogP contribution in [-0.2, 0) is 10.0 Å². The fourth-order valence-corrected chi connectivity index (χ4v) is 4.90. The number of hydrogen-bond acceptors (Lipinski definition) is 4. The molecule has 1 unspecified atom stereocenters. The van der Waals surface area contributed by atoms with E-state index in [0.29, 0.717) is 31.6 Å². The Labute approximate surface area is 160 Å². The van der Waals surface area contributed by atoms with Gasteiger partial charge in [-0.25, -0.2) is 12.7 Å². The van der Waals surface area contributed by atoms with Gasteiger partial charge in [0.15, 0.2) is 5.96 Å². The SMILES string of the molecule is CCNC(=NCCN1CCCCC1CC)NCCS(=O)(=O)N(CC)CC. The number of hydrogen-bond donors (Lipinski definition) is 2. The number of nitrogens with zero attached hydrogens (tertiary/aromatic N) is 3. The van der Waals surface area contributed by atoms with Crippen LogP contribution in [0.2, 0.25) is 0 Å². The van der Waals surface area contributed by atoms with Crippen molar-refractivity contribution >= 4 is 16.0 Å². The second kappa shape index (κ2) is 12.5. The molecule has 1 aliphatic rings. The Kier molecular flexibility index (Phi) is 11.2. The van der Waals surface area contributed by atoms with Gasteiger partial charge in [0.2, 0.25) is 10.0 Å². The average Bonchev–Trinajstić information content (AvgIpc) is 2.62. The Balaban J connectivity index is 2.48. The minimum atomic E-state index is -3.20. The van der Waals surface area contributed by atoms with E-state index in [4.69, 9.17) is 0 Å². The highest BCUT2D eigenvalue weighted by atomic mass is 32.2. The zero-order valence-electron chi connectivity index (χ0n) is 17.1. The Bertz CT molecular complexity index is 506. The van der Waals surface area contributed by atoms with Gasteiger partial charge in [0.1, 0.15) is 0 Å². The molecule has 1 saturated heterocycles. The van der Waals surface area contributed by atoms with E-state index in [-0.39, 0.29) is 5.75 Å². The molecule has 154 valence electrons. The maximum atomic E-state index is 12.2. The third kappa shape index (κ3) is 7.80. The largest absolute Gasteiger partial charge is 0.357 e. The van der Waals surface area contributed by atoms with E-state index in [9.17, 15) is 8.42 Å². The summed E-state index contributed by atoms with van der Waals surface area (Å²) < 4.78 is 26.0. The molecule has 0 saturated carbocycles. The number of piperidine rings is 1. The third-order valence-corrected chi connectivity index (χ3v) is 7.00. The van der Waals surface area contributed by atoms with Gasteiger partial charge in [-0.2, -0.15) is 0 Å². The van der Waals surface area contributed by atoms with Crippen LogP contribution in [0.4, 0.5) is 0 Å². The molecule has 1 aliphatic heterocycles. The molecule has 1 fully saturated rings. The minimum absolute atomic E-state index is 0.0864. The number of guanidine groups is 1. The first-order valence-electron chi connectivity index (χ1n) is 10.2. The molecule has 0 spiro atoms. The van der Waals surface area contributed by atoms with Crippen molar-refractivity contribution in [2.24, 2.45) is 4.99 Å². The quantitative estimate of drug-likeness (QED) is 0.413. The number of nitrogens with one attached hydrogen (secondary N) is 2. The van der Waals surface area contributed by atoms with E-state index >= 15 is 0 Å². The molecule has 1 heterocycles. The molecule has 0 radical (unpaired) electrons. The molecular weight excluding hydrogens is 350 g/mol. The third-order valence-electron chi connectivity index (χ3n) is 4.97. The molecule has 0 aromatic rings. The zero-order chi connectivity index (χ0) is 19.4. The summed E-state index contributed by atoms with van der Waals surface area (Å²) in [5.41, 5.74) is 0. The maximum Gasteiger partial charge on any atom is 0.215 e. The topological polar surface area (TPSA) is 77.0 Å². The number of likely N-dealkylation sites (tertiary alicyclic amines) is 1. The van der Waals surface area contributed by atoms with Crippen LogP contribution in [0.15, 0.2) is 4.99 Å². The molecule has 7 nitrogen and oxygen atoms in total. The van der Waals surface area contributed by atoms with Gasteiger partial charge in [0.25, 0.3) is 0 Å². The van der Waals surface area contributed by atoms with E-state index in [1.54, 1.807) is 0 Å². The summed E-state index contributed by atoms with van der Waals surface area (Å²) in [5, 5.41) is 6.36. The summed E-state index contributed by atoms with van der Waals surface area (Å²) in [4.78, 5) is 7.17. The first kappa shape index (κ1) is 23.2. The number of aliphatic imine (C=N–C) groups is 1. The first-order valence-corrected chi connectivity index (χ1v) is 11.8. The Morgan fingerprint density at radius 3 is 2.50 bits per heavy atom. The molecule has 1 rings (SSSR count). The van der Waals surface area contributed by atoms with Gasteiger partial charge in [-0.15, -0.1) is 0 Å². The van der Waals surface area contributed by atoms with E-state index in [2.05, 4.69) is 27.4 Å². The Morgan fingerprint density at radius 1 is 1.15 bits per heavy atom. The molecule has 0 aromatic carbocycles. The standard InChI is InChI=1S/C18H39N5O2S/c1-5-17-11-9-10-14-22(17)15-12-20-18(19-6-2)21-13-16-26(24,25)23(7-3)8-4/h17H,5-16H2,1-4H3,(H2,19,20,21). The summed E-state index contributed by atoms with van der Waals surface area (Å²) in [5.74, 6) is 0.788. The van der Waals surface area contributed by atoms with Gasteiger partial charge in [0, 0.05) is 38.8 Å². The van der Waals surface area contributed by atoms with Gasteiger partial charge in [-0.1, -0.05) is 27.2 Å². The van der Waals surface area contributed by atoms with Gasteiger partial charge in [-0.3, -0.25) is 9.89 Å². The Hall–Kier alpha value is -0.860. The molecular formula is C18H39N5O2S. The highest BCUT2D eigenvalue weighted by molar-refractivity contribution is 7.89. The van der Waals surface area contributed by atoms with Crippen molar-refractivity contribution in [2.45, 2.75) is 59.4 Å². The van der Waals surface area contributed by atoms with Crippen LogP contribution in [0.1, 0.15) is 53.4 Å². The lowest BCUT2D eigenvalue weighted by atomic mass is 10.0. The second-order valence-electron chi connectivity index (χ2n) is 6.68. The lowest BCUT2D eigenvalue weighted by molar-refractivity contribution is 0.148. The fraction of sp³-hybridized carbons (Fsp3) is 0.944. The number of sulfonamides is 1. The predicted molar refractivity (Wildman–Crippen MR) is 110 cm³/mol. The monoisotopic (exact) mass is 389 g/mol. The summed E-state index contributed by atoms with van der Waals surface area (Å²) in [7, 11) is -3.20. The van der Waals surface area contributed by atoms with Crippen LogP contribution in [-0.4, -0.2) is 81.2 Å². The normalized spacial score (nSPS) is 19.7. The van der Waals surface area contributed by atoms with Crippen molar-refractivity contribution in [3.8, 4) is 0 Å². The average molecular weight is 390 g/mol. The molecule has 8 heteroatoms. The van der Waals surface area contributed by atoms with Crippen LogP contribution in [0.3, 0.4) is 0 Å². The van der Waals surface area contributed by atoms with Crippen molar-refractivity contribution in [1.82, 2.24) is 19.8 Å². The van der Waals surface area contributed by atoms with E-state index in [0.717, 1.165) is 19.6 Å². The van der Waals surface area contributed by atoms with Crippen LogP contribution in [0, 0.1) is 0 Å². The van der Waals surface area contributed by atoms with Crippen molar-refractivity contribution in [3.05, 3.63) is 0 Å². The Morgan fingerprint density at radius 2 is 1.88 bits per heavy atom. The van der Waals surface area contributed by atoms with Crippen LogP contribution in [0.25, 0.3) is 0 Å². The molecule has 26 heavy (non-hydrogen) atoms. The van der Waals surface area contributed by atoms with Gasteiger partial charge in [0.05, 0.1) is 12.3 Å². The summed E-state index contributed by atoms with van der Waals surface area (Å²) in [6.45, 7) is 13.0.